The highest BCUT2D eigenvalue weighted by Crippen LogP contribution is 2.30. The third-order valence-electron chi connectivity index (χ3n) is 3.73. The topological polar surface area (TPSA) is 20.3 Å². The minimum absolute atomic E-state index is 0.151. The zero-order valence-electron chi connectivity index (χ0n) is 12.1. The van der Waals surface area contributed by atoms with Crippen molar-refractivity contribution in [1.29, 1.82) is 0 Å². The van der Waals surface area contributed by atoms with E-state index in [1.807, 2.05) is 50.5 Å². The summed E-state index contributed by atoms with van der Waals surface area (Å²) < 4.78 is 1.03. The van der Waals surface area contributed by atoms with Gasteiger partial charge >= 0.3 is 0 Å². The van der Waals surface area contributed by atoms with Crippen molar-refractivity contribution in [3.63, 3.8) is 0 Å². The Bertz CT molecular complexity index is 747. The Morgan fingerprint density at radius 2 is 1.90 bits per heavy atom. The van der Waals surface area contributed by atoms with Gasteiger partial charge in [0.25, 0.3) is 0 Å². The van der Waals surface area contributed by atoms with Gasteiger partial charge in [0.2, 0.25) is 0 Å². The largest absolute Gasteiger partial charge is 0.377 e. The number of hydrogen-bond acceptors (Lipinski definition) is 2. The van der Waals surface area contributed by atoms with Crippen molar-refractivity contribution in [2.24, 2.45) is 0 Å². The molecule has 0 aromatic heterocycles. The molecule has 2 aromatic rings. The quantitative estimate of drug-likeness (QED) is 0.757. The van der Waals surface area contributed by atoms with Gasteiger partial charge < -0.3 is 4.90 Å². The van der Waals surface area contributed by atoms with Crippen LogP contribution < -0.4 is 4.90 Å². The highest BCUT2D eigenvalue weighted by Gasteiger charge is 2.23. The SMILES string of the molecule is CN(C)c1ccc(/C=C2\Cc3ccccc3C2=O)cc1Br. The molecule has 3 rings (SSSR count). The van der Waals surface area contributed by atoms with Crippen LogP contribution in [0.25, 0.3) is 6.08 Å². The van der Waals surface area contributed by atoms with E-state index < -0.39 is 0 Å². The molecule has 0 fully saturated rings. The molecule has 3 heteroatoms. The van der Waals surface area contributed by atoms with Crippen molar-refractivity contribution in [3.8, 4) is 0 Å². The average molecular weight is 342 g/mol. The molecule has 0 saturated heterocycles. The summed E-state index contributed by atoms with van der Waals surface area (Å²) in [6, 6.07) is 14.0. The lowest BCUT2D eigenvalue weighted by molar-refractivity contribution is 0.104. The number of allylic oxidation sites excluding steroid dienone is 1. The van der Waals surface area contributed by atoms with Crippen molar-refractivity contribution >= 4 is 33.5 Å². The molecule has 2 nitrogen and oxygen atoms in total. The first kappa shape index (κ1) is 14.1. The highest BCUT2D eigenvalue weighted by atomic mass is 79.9. The molecule has 0 unspecified atom stereocenters. The Kier molecular flexibility index (Phi) is 3.68. The molecule has 0 aliphatic heterocycles. The average Bonchev–Trinajstić information content (AvgIpc) is 2.76. The fourth-order valence-corrected chi connectivity index (χ4v) is 3.40. The zero-order chi connectivity index (χ0) is 15.0. The molecule has 0 radical (unpaired) electrons. The number of fused-ring (bicyclic) bond motifs is 1. The van der Waals surface area contributed by atoms with Crippen LogP contribution in [0.1, 0.15) is 21.5 Å². The predicted molar refractivity (Wildman–Crippen MR) is 90.9 cm³/mol. The van der Waals surface area contributed by atoms with Gasteiger partial charge in [0.05, 0.1) is 5.69 Å². The maximum absolute atomic E-state index is 12.4. The van der Waals surface area contributed by atoms with Crippen LogP contribution in [0.3, 0.4) is 0 Å². The maximum Gasteiger partial charge on any atom is 0.189 e. The summed E-state index contributed by atoms with van der Waals surface area (Å²) in [5.74, 6) is 0.151. The van der Waals surface area contributed by atoms with Crippen molar-refractivity contribution in [2.45, 2.75) is 6.42 Å². The van der Waals surface area contributed by atoms with Crippen LogP contribution in [0.2, 0.25) is 0 Å². The minimum atomic E-state index is 0.151. The Morgan fingerprint density at radius 3 is 2.57 bits per heavy atom. The molecule has 0 atom stereocenters. The first-order valence-corrected chi connectivity index (χ1v) is 7.65. The first-order chi connectivity index (χ1) is 10.1. The van der Waals surface area contributed by atoms with E-state index in [0.29, 0.717) is 0 Å². The van der Waals surface area contributed by atoms with E-state index in [2.05, 4.69) is 33.0 Å². The molecule has 0 N–H and O–H groups in total. The van der Waals surface area contributed by atoms with Crippen LogP contribution in [-0.2, 0) is 6.42 Å². The standard InChI is InChI=1S/C18H16BrNO/c1-20(2)17-8-7-12(10-16(17)19)9-14-11-13-5-3-4-6-15(13)18(14)21/h3-10H,11H2,1-2H3/b14-9+. The highest BCUT2D eigenvalue weighted by molar-refractivity contribution is 9.10. The van der Waals surface area contributed by atoms with Gasteiger partial charge in [0, 0.05) is 36.1 Å². The van der Waals surface area contributed by atoms with E-state index in [0.717, 1.165) is 38.8 Å². The number of hydrogen-bond donors (Lipinski definition) is 0. The molecule has 21 heavy (non-hydrogen) atoms. The third kappa shape index (κ3) is 2.66. The smallest absolute Gasteiger partial charge is 0.189 e. The Hall–Kier alpha value is -1.87. The number of anilines is 1. The molecular weight excluding hydrogens is 326 g/mol. The Morgan fingerprint density at radius 1 is 1.14 bits per heavy atom. The van der Waals surface area contributed by atoms with Crippen LogP contribution in [0, 0.1) is 0 Å². The number of rotatable bonds is 2. The van der Waals surface area contributed by atoms with Crippen molar-refractivity contribution in [3.05, 3.63) is 69.2 Å². The summed E-state index contributed by atoms with van der Waals surface area (Å²) in [6.45, 7) is 0. The van der Waals surface area contributed by atoms with E-state index in [1.165, 1.54) is 0 Å². The number of Topliss-reactive ketones (excluding diaryl/α,β-unsaturated/α-hetero) is 1. The monoisotopic (exact) mass is 341 g/mol. The van der Waals surface area contributed by atoms with Crippen molar-refractivity contribution in [1.82, 2.24) is 0 Å². The molecule has 106 valence electrons. The van der Waals surface area contributed by atoms with Crippen LogP contribution >= 0.6 is 15.9 Å². The van der Waals surface area contributed by atoms with Gasteiger partial charge in [-0.1, -0.05) is 30.3 Å². The van der Waals surface area contributed by atoms with Crippen molar-refractivity contribution < 1.29 is 4.79 Å². The van der Waals surface area contributed by atoms with Gasteiger partial charge in [-0.25, -0.2) is 0 Å². The summed E-state index contributed by atoms with van der Waals surface area (Å²) in [4.78, 5) is 14.4. The number of carbonyl (C=O) groups excluding carboxylic acids is 1. The fourth-order valence-electron chi connectivity index (χ4n) is 2.65. The minimum Gasteiger partial charge on any atom is -0.377 e. The van der Waals surface area contributed by atoms with Gasteiger partial charge in [0.1, 0.15) is 0 Å². The van der Waals surface area contributed by atoms with E-state index >= 15 is 0 Å². The molecule has 0 amide bonds. The van der Waals surface area contributed by atoms with Gasteiger partial charge in [0.15, 0.2) is 5.78 Å². The second-order valence-electron chi connectivity index (χ2n) is 5.44. The molecule has 2 aromatic carbocycles. The fraction of sp³-hybridized carbons (Fsp3) is 0.167. The lowest BCUT2D eigenvalue weighted by atomic mass is 10.1. The van der Waals surface area contributed by atoms with E-state index in [-0.39, 0.29) is 5.78 Å². The summed E-state index contributed by atoms with van der Waals surface area (Å²) >= 11 is 3.58. The van der Waals surface area contributed by atoms with Gasteiger partial charge in [-0.2, -0.15) is 0 Å². The van der Waals surface area contributed by atoms with Crippen LogP contribution in [0.4, 0.5) is 5.69 Å². The van der Waals surface area contributed by atoms with Gasteiger partial charge in [-0.15, -0.1) is 0 Å². The van der Waals surface area contributed by atoms with E-state index in [4.69, 9.17) is 0 Å². The molecular formula is C18H16BrNO. The normalized spacial score (nSPS) is 15.4. The lowest BCUT2D eigenvalue weighted by Crippen LogP contribution is -2.09. The Labute approximate surface area is 133 Å². The molecule has 0 spiro atoms. The van der Waals surface area contributed by atoms with E-state index in [9.17, 15) is 4.79 Å². The second kappa shape index (κ2) is 5.49. The van der Waals surface area contributed by atoms with Crippen molar-refractivity contribution in [2.75, 3.05) is 19.0 Å². The molecule has 0 heterocycles. The molecule has 0 bridgehead atoms. The summed E-state index contributed by atoms with van der Waals surface area (Å²) in [7, 11) is 4.02. The summed E-state index contributed by atoms with van der Waals surface area (Å²) in [6.07, 6.45) is 2.72. The van der Waals surface area contributed by atoms with Crippen LogP contribution in [0.15, 0.2) is 52.5 Å². The molecule has 0 saturated carbocycles. The third-order valence-corrected chi connectivity index (χ3v) is 4.36. The van der Waals surface area contributed by atoms with Crippen LogP contribution in [0.5, 0.6) is 0 Å². The summed E-state index contributed by atoms with van der Waals surface area (Å²) in [5.41, 5.74) is 4.99. The summed E-state index contributed by atoms with van der Waals surface area (Å²) in [5, 5.41) is 0. The lowest BCUT2D eigenvalue weighted by Gasteiger charge is -2.14. The first-order valence-electron chi connectivity index (χ1n) is 6.86. The number of halogens is 1. The molecule has 1 aliphatic carbocycles. The van der Waals surface area contributed by atoms with E-state index in [1.54, 1.807) is 0 Å². The zero-order valence-corrected chi connectivity index (χ0v) is 13.6. The second-order valence-corrected chi connectivity index (χ2v) is 6.29. The number of ketones is 1. The molecule has 1 aliphatic rings. The predicted octanol–water partition coefficient (Wildman–Crippen LogP) is 4.34. The van der Waals surface area contributed by atoms with Gasteiger partial charge in [-0.3, -0.25) is 4.79 Å². The maximum atomic E-state index is 12.4. The van der Waals surface area contributed by atoms with Gasteiger partial charge in [-0.05, 0) is 45.3 Å². The Balaban J connectivity index is 1.94. The number of nitrogens with zero attached hydrogens (tertiary/aromatic N) is 1. The van der Waals surface area contributed by atoms with Crippen LogP contribution in [-0.4, -0.2) is 19.9 Å². The number of carbonyl (C=O) groups is 1. The number of benzene rings is 2.